The van der Waals surface area contributed by atoms with E-state index in [1.165, 1.54) is 0 Å². The Labute approximate surface area is 165 Å². The van der Waals surface area contributed by atoms with Gasteiger partial charge in [-0.1, -0.05) is 30.3 Å². The number of ether oxygens (including phenoxy) is 2. The Balaban J connectivity index is 1.49. The minimum absolute atomic E-state index is 0.0826. The molecule has 8 heteroatoms. The van der Waals surface area contributed by atoms with E-state index in [0.717, 1.165) is 0 Å². The lowest BCUT2D eigenvalue weighted by Crippen LogP contribution is -2.47. The normalized spacial score (nSPS) is 15.2. The van der Waals surface area contributed by atoms with Gasteiger partial charge in [-0.3, -0.25) is 4.79 Å². The first kappa shape index (κ1) is 20.2. The molecule has 7 nitrogen and oxygen atoms in total. The number of hydrogen-bond acceptors (Lipinski definition) is 5. The Bertz CT molecular complexity index is 894. The molecule has 2 aromatic rings. The molecule has 1 amide bonds. The van der Waals surface area contributed by atoms with Crippen molar-refractivity contribution < 1.29 is 22.7 Å². The van der Waals surface area contributed by atoms with Gasteiger partial charge >= 0.3 is 0 Å². The van der Waals surface area contributed by atoms with E-state index in [0.29, 0.717) is 37.4 Å². The van der Waals surface area contributed by atoms with Crippen molar-refractivity contribution in [3.05, 3.63) is 54.6 Å². The largest absolute Gasteiger partial charge is 0.493 e. The Morgan fingerprint density at radius 2 is 1.64 bits per heavy atom. The van der Waals surface area contributed by atoms with Crippen LogP contribution < -0.4 is 14.2 Å². The number of rotatable bonds is 7. The van der Waals surface area contributed by atoms with Crippen LogP contribution in [0.3, 0.4) is 0 Å². The highest BCUT2D eigenvalue weighted by atomic mass is 32.2. The number of carbonyl (C=O) groups is 1. The zero-order valence-electron chi connectivity index (χ0n) is 15.7. The van der Waals surface area contributed by atoms with Gasteiger partial charge in [-0.25, -0.2) is 13.1 Å². The summed E-state index contributed by atoms with van der Waals surface area (Å²) in [5, 5.41) is 0. The highest BCUT2D eigenvalue weighted by molar-refractivity contribution is 7.89. The Kier molecular flexibility index (Phi) is 6.53. The number of piperidine rings is 1. The number of carbonyl (C=O) groups excluding carboxylic acids is 1. The zero-order chi connectivity index (χ0) is 20.0. The summed E-state index contributed by atoms with van der Waals surface area (Å²) in [7, 11) is -2.00. The molecule has 0 unspecified atom stereocenters. The number of nitrogens with zero attached hydrogens (tertiary/aromatic N) is 1. The molecule has 2 aromatic carbocycles. The fourth-order valence-electron chi connectivity index (χ4n) is 3.10. The number of amides is 1. The molecule has 0 bridgehead atoms. The SMILES string of the molecule is COc1ccccc1OCC(=O)N1CCC(NS(=O)(=O)c2ccccc2)CC1. The van der Waals surface area contributed by atoms with E-state index in [1.807, 2.05) is 12.1 Å². The fourth-order valence-corrected chi connectivity index (χ4v) is 4.43. The molecule has 1 N–H and O–H groups in total. The topological polar surface area (TPSA) is 84.9 Å². The Morgan fingerprint density at radius 1 is 1.04 bits per heavy atom. The third-order valence-electron chi connectivity index (χ3n) is 4.64. The van der Waals surface area contributed by atoms with Gasteiger partial charge in [0.1, 0.15) is 0 Å². The molecule has 1 saturated heterocycles. The summed E-state index contributed by atoms with van der Waals surface area (Å²) in [5.41, 5.74) is 0. The summed E-state index contributed by atoms with van der Waals surface area (Å²) in [6.45, 7) is 0.882. The first-order valence-corrected chi connectivity index (χ1v) is 10.6. The van der Waals surface area contributed by atoms with E-state index in [1.54, 1.807) is 54.5 Å². The van der Waals surface area contributed by atoms with Crippen molar-refractivity contribution >= 4 is 15.9 Å². The summed E-state index contributed by atoms with van der Waals surface area (Å²) in [5.74, 6) is 0.962. The van der Waals surface area contributed by atoms with E-state index >= 15 is 0 Å². The lowest BCUT2D eigenvalue weighted by Gasteiger charge is -2.32. The third-order valence-corrected chi connectivity index (χ3v) is 6.18. The first-order chi connectivity index (χ1) is 13.5. The maximum absolute atomic E-state index is 12.4. The minimum Gasteiger partial charge on any atom is -0.493 e. The maximum Gasteiger partial charge on any atom is 0.260 e. The molecule has 0 aromatic heterocycles. The van der Waals surface area contributed by atoms with Crippen LogP contribution in [0.5, 0.6) is 11.5 Å². The van der Waals surface area contributed by atoms with Gasteiger partial charge in [-0.2, -0.15) is 0 Å². The second-order valence-corrected chi connectivity index (χ2v) is 8.24. The molecule has 1 aliphatic rings. The average Bonchev–Trinajstić information content (AvgIpc) is 2.73. The summed E-state index contributed by atoms with van der Waals surface area (Å²) in [6, 6.07) is 15.3. The van der Waals surface area contributed by atoms with Crippen LogP contribution >= 0.6 is 0 Å². The lowest BCUT2D eigenvalue weighted by molar-refractivity contribution is -0.134. The van der Waals surface area contributed by atoms with Gasteiger partial charge in [0.2, 0.25) is 10.0 Å². The van der Waals surface area contributed by atoms with Crippen molar-refractivity contribution in [1.82, 2.24) is 9.62 Å². The number of nitrogens with one attached hydrogen (secondary N) is 1. The van der Waals surface area contributed by atoms with Crippen molar-refractivity contribution in [1.29, 1.82) is 0 Å². The van der Waals surface area contributed by atoms with Gasteiger partial charge in [0, 0.05) is 19.1 Å². The molecule has 0 aliphatic carbocycles. The number of benzene rings is 2. The van der Waals surface area contributed by atoms with E-state index in [9.17, 15) is 13.2 Å². The zero-order valence-corrected chi connectivity index (χ0v) is 16.5. The molecular formula is C20H24N2O5S. The number of para-hydroxylation sites is 2. The van der Waals surface area contributed by atoms with E-state index in [2.05, 4.69) is 4.72 Å². The van der Waals surface area contributed by atoms with Crippen LogP contribution in [0, 0.1) is 0 Å². The molecule has 1 heterocycles. The van der Waals surface area contributed by atoms with E-state index in [4.69, 9.17) is 9.47 Å². The Morgan fingerprint density at radius 3 is 2.29 bits per heavy atom. The highest BCUT2D eigenvalue weighted by Crippen LogP contribution is 2.25. The van der Waals surface area contributed by atoms with Crippen molar-refractivity contribution in [3.63, 3.8) is 0 Å². The van der Waals surface area contributed by atoms with Crippen LogP contribution in [-0.2, 0) is 14.8 Å². The molecular weight excluding hydrogens is 380 g/mol. The molecule has 150 valence electrons. The molecule has 3 rings (SSSR count). The average molecular weight is 404 g/mol. The van der Waals surface area contributed by atoms with Crippen LogP contribution in [0.1, 0.15) is 12.8 Å². The van der Waals surface area contributed by atoms with Crippen molar-refractivity contribution in [3.8, 4) is 11.5 Å². The van der Waals surface area contributed by atoms with Crippen LogP contribution in [0.25, 0.3) is 0 Å². The predicted molar refractivity (Wildman–Crippen MR) is 105 cm³/mol. The van der Waals surface area contributed by atoms with Gasteiger partial charge in [0.15, 0.2) is 18.1 Å². The monoisotopic (exact) mass is 404 g/mol. The smallest absolute Gasteiger partial charge is 0.260 e. The van der Waals surface area contributed by atoms with E-state index in [-0.39, 0.29) is 23.5 Å². The Hall–Kier alpha value is -2.58. The van der Waals surface area contributed by atoms with Gasteiger partial charge in [-0.15, -0.1) is 0 Å². The molecule has 0 saturated carbocycles. The number of methoxy groups -OCH3 is 1. The molecule has 0 atom stereocenters. The minimum atomic E-state index is -3.54. The van der Waals surface area contributed by atoms with Gasteiger partial charge in [0.25, 0.3) is 5.91 Å². The predicted octanol–water partition coefficient (Wildman–Crippen LogP) is 2.04. The summed E-state index contributed by atoms with van der Waals surface area (Å²) in [4.78, 5) is 14.4. The van der Waals surface area contributed by atoms with Crippen LogP contribution in [-0.4, -0.2) is 52.1 Å². The summed E-state index contributed by atoms with van der Waals surface area (Å²) in [6.07, 6.45) is 1.12. The molecule has 1 aliphatic heterocycles. The molecule has 0 spiro atoms. The second-order valence-electron chi connectivity index (χ2n) is 6.53. The van der Waals surface area contributed by atoms with E-state index < -0.39 is 10.0 Å². The molecule has 28 heavy (non-hydrogen) atoms. The standard InChI is InChI=1S/C20H24N2O5S/c1-26-18-9-5-6-10-19(18)27-15-20(23)22-13-11-16(12-14-22)21-28(24,25)17-7-3-2-4-8-17/h2-10,16,21H,11-15H2,1H3. The number of sulfonamides is 1. The highest BCUT2D eigenvalue weighted by Gasteiger charge is 2.26. The summed E-state index contributed by atoms with van der Waals surface area (Å²) < 4.78 is 38.3. The van der Waals surface area contributed by atoms with Gasteiger partial charge in [-0.05, 0) is 37.1 Å². The summed E-state index contributed by atoms with van der Waals surface area (Å²) >= 11 is 0. The third kappa shape index (κ3) is 5.02. The van der Waals surface area contributed by atoms with Gasteiger partial charge < -0.3 is 14.4 Å². The van der Waals surface area contributed by atoms with Crippen LogP contribution in [0.4, 0.5) is 0 Å². The van der Waals surface area contributed by atoms with Crippen molar-refractivity contribution in [2.75, 3.05) is 26.8 Å². The van der Waals surface area contributed by atoms with Crippen LogP contribution in [0.2, 0.25) is 0 Å². The number of likely N-dealkylation sites (tertiary alicyclic amines) is 1. The fraction of sp³-hybridized carbons (Fsp3) is 0.350. The second kappa shape index (κ2) is 9.07. The maximum atomic E-state index is 12.4. The quantitative estimate of drug-likeness (QED) is 0.763. The van der Waals surface area contributed by atoms with Crippen molar-refractivity contribution in [2.24, 2.45) is 0 Å². The number of hydrogen-bond donors (Lipinski definition) is 1. The van der Waals surface area contributed by atoms with Crippen molar-refractivity contribution in [2.45, 2.75) is 23.8 Å². The lowest BCUT2D eigenvalue weighted by atomic mass is 10.1. The van der Waals surface area contributed by atoms with Crippen LogP contribution in [0.15, 0.2) is 59.5 Å². The first-order valence-electron chi connectivity index (χ1n) is 9.10. The molecule has 1 fully saturated rings. The van der Waals surface area contributed by atoms with Gasteiger partial charge in [0.05, 0.1) is 12.0 Å². The molecule has 0 radical (unpaired) electrons.